The van der Waals surface area contributed by atoms with Crippen molar-refractivity contribution in [3.05, 3.63) is 29.3 Å². The molecular weight excluding hydrogens is 204 g/mol. The number of carboxylic acid groups (broad SMARTS) is 1. The molecule has 86 valence electrons. The Kier molecular flexibility index (Phi) is 3.13. The molecule has 1 aliphatic rings. The number of aryl methyl sites for hydroxylation is 2. The normalized spacial score (nSPS) is 18.7. The smallest absolute Gasteiger partial charge is 0.344 e. The maximum Gasteiger partial charge on any atom is 0.344 e. The molecule has 3 heteroatoms. The van der Waals surface area contributed by atoms with Crippen molar-refractivity contribution < 1.29 is 14.6 Å². The predicted molar refractivity (Wildman–Crippen MR) is 60.8 cm³/mol. The molecule has 0 aliphatic carbocycles. The molecule has 1 aromatic carbocycles. The van der Waals surface area contributed by atoms with Gasteiger partial charge < -0.3 is 9.84 Å². The van der Waals surface area contributed by atoms with Crippen LogP contribution in [0.5, 0.6) is 5.75 Å². The third-order valence-electron chi connectivity index (χ3n) is 2.88. The molecule has 1 aliphatic heterocycles. The average molecular weight is 220 g/mol. The molecule has 0 saturated heterocycles. The Balaban J connectivity index is 2.18. The fourth-order valence-electron chi connectivity index (χ4n) is 2.06. The first kappa shape index (κ1) is 11.0. The van der Waals surface area contributed by atoms with Crippen LogP contribution in [0, 0.1) is 0 Å². The summed E-state index contributed by atoms with van der Waals surface area (Å²) in [4.78, 5) is 10.8. The number of hydrogen-bond acceptors (Lipinski definition) is 2. The van der Waals surface area contributed by atoms with Gasteiger partial charge in [0.15, 0.2) is 6.10 Å². The molecule has 0 amide bonds. The zero-order valence-corrected chi connectivity index (χ0v) is 9.40. The molecule has 16 heavy (non-hydrogen) atoms. The minimum absolute atomic E-state index is 0.567. The van der Waals surface area contributed by atoms with E-state index in [0.717, 1.165) is 30.6 Å². The second-order valence-corrected chi connectivity index (χ2v) is 4.18. The number of benzene rings is 1. The summed E-state index contributed by atoms with van der Waals surface area (Å²) < 4.78 is 5.43. The molecule has 1 heterocycles. The van der Waals surface area contributed by atoms with Crippen LogP contribution in [-0.4, -0.2) is 17.2 Å². The van der Waals surface area contributed by atoms with E-state index in [1.807, 2.05) is 12.1 Å². The first-order valence-electron chi connectivity index (χ1n) is 5.72. The number of carboxylic acids is 1. The van der Waals surface area contributed by atoms with Crippen LogP contribution in [-0.2, 0) is 17.6 Å². The molecule has 0 fully saturated rings. The molecule has 2 rings (SSSR count). The Hall–Kier alpha value is -1.51. The van der Waals surface area contributed by atoms with Gasteiger partial charge in [-0.15, -0.1) is 0 Å². The first-order valence-corrected chi connectivity index (χ1v) is 5.72. The van der Waals surface area contributed by atoms with Gasteiger partial charge in [-0.3, -0.25) is 0 Å². The number of carbonyl (C=O) groups is 1. The van der Waals surface area contributed by atoms with Crippen LogP contribution in [0.15, 0.2) is 18.2 Å². The second-order valence-electron chi connectivity index (χ2n) is 4.18. The van der Waals surface area contributed by atoms with Crippen molar-refractivity contribution in [3.8, 4) is 5.75 Å². The highest BCUT2D eigenvalue weighted by atomic mass is 16.5. The van der Waals surface area contributed by atoms with Gasteiger partial charge in [-0.25, -0.2) is 4.79 Å². The van der Waals surface area contributed by atoms with Gasteiger partial charge in [0.1, 0.15) is 5.75 Å². The van der Waals surface area contributed by atoms with Gasteiger partial charge in [0.25, 0.3) is 0 Å². The van der Waals surface area contributed by atoms with E-state index in [2.05, 4.69) is 13.0 Å². The second kappa shape index (κ2) is 4.56. The lowest BCUT2D eigenvalue weighted by Gasteiger charge is -2.23. The van der Waals surface area contributed by atoms with Gasteiger partial charge in [0.2, 0.25) is 0 Å². The van der Waals surface area contributed by atoms with Crippen LogP contribution >= 0.6 is 0 Å². The quantitative estimate of drug-likeness (QED) is 0.850. The molecule has 0 aromatic heterocycles. The van der Waals surface area contributed by atoms with Crippen molar-refractivity contribution >= 4 is 5.97 Å². The van der Waals surface area contributed by atoms with Gasteiger partial charge >= 0.3 is 5.97 Å². The molecular formula is C13H16O3. The third-order valence-corrected chi connectivity index (χ3v) is 2.88. The maximum absolute atomic E-state index is 10.8. The molecule has 1 atom stereocenters. The Labute approximate surface area is 95.0 Å². The van der Waals surface area contributed by atoms with E-state index in [4.69, 9.17) is 9.84 Å². The van der Waals surface area contributed by atoms with Gasteiger partial charge in [-0.1, -0.05) is 25.5 Å². The first-order chi connectivity index (χ1) is 7.70. The van der Waals surface area contributed by atoms with Gasteiger partial charge in [-0.05, 0) is 36.5 Å². The fourth-order valence-corrected chi connectivity index (χ4v) is 2.06. The Bertz CT molecular complexity index is 398. The Morgan fingerprint density at radius 1 is 1.56 bits per heavy atom. The summed E-state index contributed by atoms with van der Waals surface area (Å²) in [5.74, 6) is -0.137. The van der Waals surface area contributed by atoms with Gasteiger partial charge in [0, 0.05) is 0 Å². The number of ether oxygens (including phenoxy) is 1. The lowest BCUT2D eigenvalue weighted by atomic mass is 9.98. The summed E-state index contributed by atoms with van der Waals surface area (Å²) in [5, 5.41) is 8.88. The largest absolute Gasteiger partial charge is 0.479 e. The van der Waals surface area contributed by atoms with Crippen LogP contribution in [0.1, 0.15) is 30.9 Å². The highest BCUT2D eigenvalue weighted by molar-refractivity contribution is 5.73. The maximum atomic E-state index is 10.8. The van der Waals surface area contributed by atoms with Crippen LogP contribution in [0.3, 0.4) is 0 Å². The van der Waals surface area contributed by atoms with Crippen LogP contribution in [0.2, 0.25) is 0 Å². The number of aliphatic carboxylic acids is 1. The van der Waals surface area contributed by atoms with Crippen molar-refractivity contribution in [2.75, 3.05) is 0 Å². The average Bonchev–Trinajstić information content (AvgIpc) is 2.28. The van der Waals surface area contributed by atoms with Crippen molar-refractivity contribution in [2.45, 2.75) is 38.7 Å². The number of fused-ring (bicyclic) bond motifs is 1. The predicted octanol–water partition coefficient (Wildman–Crippen LogP) is 2.42. The van der Waals surface area contributed by atoms with Gasteiger partial charge in [-0.2, -0.15) is 0 Å². The zero-order chi connectivity index (χ0) is 11.5. The minimum atomic E-state index is -0.872. The van der Waals surface area contributed by atoms with E-state index in [1.165, 1.54) is 5.56 Å². The summed E-state index contributed by atoms with van der Waals surface area (Å²) in [6.07, 6.45) is 2.87. The number of hydrogen-bond donors (Lipinski definition) is 1. The molecule has 1 N–H and O–H groups in total. The van der Waals surface area contributed by atoms with Crippen molar-refractivity contribution in [1.29, 1.82) is 0 Å². The van der Waals surface area contributed by atoms with E-state index >= 15 is 0 Å². The van der Waals surface area contributed by atoms with E-state index in [1.54, 1.807) is 0 Å². The topological polar surface area (TPSA) is 46.5 Å². The molecule has 3 nitrogen and oxygen atoms in total. The summed E-state index contributed by atoms with van der Waals surface area (Å²) in [6.45, 7) is 2.15. The van der Waals surface area contributed by atoms with Crippen molar-refractivity contribution in [3.63, 3.8) is 0 Å². The summed E-state index contributed by atoms with van der Waals surface area (Å²) in [5.41, 5.74) is 2.45. The van der Waals surface area contributed by atoms with Crippen molar-refractivity contribution in [2.24, 2.45) is 0 Å². The molecule has 1 aromatic rings. The minimum Gasteiger partial charge on any atom is -0.479 e. The third kappa shape index (κ3) is 2.18. The van der Waals surface area contributed by atoms with E-state index in [9.17, 15) is 4.79 Å². The standard InChI is InChI=1S/C13H16O3/c1-2-3-9-4-6-11-10(8-9)5-7-12(16-11)13(14)15/h4,6,8,12H,2-3,5,7H2,1H3,(H,14,15). The van der Waals surface area contributed by atoms with E-state index in [-0.39, 0.29) is 0 Å². The summed E-state index contributed by atoms with van der Waals surface area (Å²) in [7, 11) is 0. The lowest BCUT2D eigenvalue weighted by molar-refractivity contribution is -0.145. The van der Waals surface area contributed by atoms with Gasteiger partial charge in [0.05, 0.1) is 0 Å². The lowest BCUT2D eigenvalue weighted by Crippen LogP contribution is -2.30. The zero-order valence-electron chi connectivity index (χ0n) is 9.40. The summed E-state index contributed by atoms with van der Waals surface area (Å²) in [6, 6.07) is 6.05. The molecule has 0 radical (unpaired) electrons. The fraction of sp³-hybridized carbons (Fsp3) is 0.462. The van der Waals surface area contributed by atoms with E-state index < -0.39 is 12.1 Å². The van der Waals surface area contributed by atoms with Crippen LogP contribution < -0.4 is 4.74 Å². The SMILES string of the molecule is CCCc1ccc2c(c1)CCC(C(=O)O)O2. The molecule has 0 spiro atoms. The molecule has 1 unspecified atom stereocenters. The van der Waals surface area contributed by atoms with Crippen molar-refractivity contribution in [1.82, 2.24) is 0 Å². The molecule has 0 saturated carbocycles. The highest BCUT2D eigenvalue weighted by Crippen LogP contribution is 2.28. The number of rotatable bonds is 3. The van der Waals surface area contributed by atoms with E-state index in [0.29, 0.717) is 6.42 Å². The monoisotopic (exact) mass is 220 g/mol. The van der Waals surface area contributed by atoms with Crippen LogP contribution in [0.25, 0.3) is 0 Å². The highest BCUT2D eigenvalue weighted by Gasteiger charge is 2.25. The Morgan fingerprint density at radius 2 is 2.38 bits per heavy atom. The Morgan fingerprint density at radius 3 is 3.06 bits per heavy atom. The van der Waals surface area contributed by atoms with Crippen LogP contribution in [0.4, 0.5) is 0 Å². The molecule has 0 bridgehead atoms. The summed E-state index contributed by atoms with van der Waals surface area (Å²) >= 11 is 0.